The smallest absolute Gasteiger partial charge is 0.316 e. The van der Waals surface area contributed by atoms with Crippen molar-refractivity contribution < 1.29 is 18.7 Å². The number of carbonyl (C=O) groups is 2. The van der Waals surface area contributed by atoms with E-state index in [2.05, 4.69) is 5.32 Å². The Hall–Kier alpha value is -2.78. The number of anilines is 1. The zero-order valence-electron chi connectivity index (χ0n) is 12.6. The van der Waals surface area contributed by atoms with E-state index in [0.29, 0.717) is 29.2 Å². The Balaban J connectivity index is 2.11. The van der Waals surface area contributed by atoms with E-state index < -0.39 is 11.9 Å². The van der Waals surface area contributed by atoms with Crippen LogP contribution in [0.3, 0.4) is 0 Å². The van der Waals surface area contributed by atoms with Crippen LogP contribution in [0.25, 0.3) is 20.4 Å². The van der Waals surface area contributed by atoms with Gasteiger partial charge in [0, 0.05) is 10.1 Å². The number of thiophene rings is 1. The highest BCUT2D eigenvalue weighted by Crippen LogP contribution is 2.43. The minimum atomic E-state index is -0.802. The SMILES string of the molecule is NCCCOc1ccc2sc3c(NC(N)=O)c(C(N)=O)oc3c2c1. The summed E-state index contributed by atoms with van der Waals surface area (Å²) >= 11 is 1.36. The molecular formula is C15H16N4O4S. The topological polar surface area (TPSA) is 147 Å². The van der Waals surface area contributed by atoms with E-state index in [9.17, 15) is 9.59 Å². The van der Waals surface area contributed by atoms with Crippen LogP contribution in [0.4, 0.5) is 10.5 Å². The Kier molecular flexibility index (Phi) is 4.28. The number of nitrogens with one attached hydrogen (secondary N) is 1. The van der Waals surface area contributed by atoms with Crippen molar-refractivity contribution in [3.05, 3.63) is 24.0 Å². The molecule has 24 heavy (non-hydrogen) atoms. The molecule has 3 amide bonds. The van der Waals surface area contributed by atoms with Gasteiger partial charge in [0.2, 0.25) is 5.76 Å². The number of ether oxygens (including phenoxy) is 1. The molecule has 9 heteroatoms. The minimum Gasteiger partial charge on any atom is -0.494 e. The third-order valence-corrected chi connectivity index (χ3v) is 4.53. The first-order valence-corrected chi connectivity index (χ1v) is 8.01. The van der Waals surface area contributed by atoms with E-state index in [4.69, 9.17) is 26.4 Å². The number of nitrogens with two attached hydrogens (primary N) is 3. The molecule has 0 unspecified atom stereocenters. The monoisotopic (exact) mass is 348 g/mol. The van der Waals surface area contributed by atoms with Crippen molar-refractivity contribution in [2.45, 2.75) is 6.42 Å². The summed E-state index contributed by atoms with van der Waals surface area (Å²) in [4.78, 5) is 22.7. The zero-order chi connectivity index (χ0) is 17.3. The maximum Gasteiger partial charge on any atom is 0.316 e. The van der Waals surface area contributed by atoms with E-state index in [1.54, 1.807) is 0 Å². The van der Waals surface area contributed by atoms with Crippen molar-refractivity contribution in [3.8, 4) is 5.75 Å². The van der Waals surface area contributed by atoms with Crippen LogP contribution in [0.1, 0.15) is 17.0 Å². The molecule has 0 saturated carbocycles. The van der Waals surface area contributed by atoms with Gasteiger partial charge in [-0.15, -0.1) is 11.3 Å². The fourth-order valence-corrected chi connectivity index (χ4v) is 3.46. The maximum absolute atomic E-state index is 11.6. The molecule has 3 rings (SSSR count). The van der Waals surface area contributed by atoms with Gasteiger partial charge in [0.25, 0.3) is 5.91 Å². The van der Waals surface area contributed by atoms with Crippen LogP contribution in [-0.2, 0) is 0 Å². The Bertz CT molecular complexity index is 930. The van der Waals surface area contributed by atoms with Gasteiger partial charge in [-0.25, -0.2) is 4.79 Å². The number of fused-ring (bicyclic) bond motifs is 3. The first-order valence-electron chi connectivity index (χ1n) is 7.19. The summed E-state index contributed by atoms with van der Waals surface area (Å²) in [5, 5.41) is 3.17. The molecule has 0 spiro atoms. The summed E-state index contributed by atoms with van der Waals surface area (Å²) in [7, 11) is 0. The maximum atomic E-state index is 11.6. The molecule has 0 aliphatic heterocycles. The molecule has 0 aliphatic rings. The molecule has 3 aromatic rings. The molecule has 0 fully saturated rings. The number of primary amides is 2. The zero-order valence-corrected chi connectivity index (χ0v) is 13.4. The average molecular weight is 348 g/mol. The number of amides is 3. The van der Waals surface area contributed by atoms with Crippen molar-refractivity contribution in [2.75, 3.05) is 18.5 Å². The molecular weight excluding hydrogens is 332 g/mol. The Morgan fingerprint density at radius 1 is 1.29 bits per heavy atom. The van der Waals surface area contributed by atoms with E-state index in [1.165, 1.54) is 11.3 Å². The predicted octanol–water partition coefficient (Wildman–Crippen LogP) is 1.96. The summed E-state index contributed by atoms with van der Waals surface area (Å²) in [5.74, 6) is -0.255. The molecule has 0 saturated heterocycles. The molecule has 0 radical (unpaired) electrons. The summed E-state index contributed by atoms with van der Waals surface area (Å²) in [5.41, 5.74) is 16.6. The van der Waals surface area contributed by atoms with Crippen molar-refractivity contribution in [2.24, 2.45) is 17.2 Å². The van der Waals surface area contributed by atoms with Crippen LogP contribution >= 0.6 is 11.3 Å². The Morgan fingerprint density at radius 3 is 2.75 bits per heavy atom. The summed E-state index contributed by atoms with van der Waals surface area (Å²) in [6.45, 7) is 1.06. The Labute approximate surface area is 140 Å². The van der Waals surface area contributed by atoms with Gasteiger partial charge in [0.15, 0.2) is 5.58 Å². The second kappa shape index (κ2) is 6.38. The third-order valence-electron chi connectivity index (χ3n) is 3.36. The largest absolute Gasteiger partial charge is 0.494 e. The van der Waals surface area contributed by atoms with Crippen molar-refractivity contribution in [1.82, 2.24) is 0 Å². The minimum absolute atomic E-state index is 0.133. The van der Waals surface area contributed by atoms with Gasteiger partial charge in [-0.1, -0.05) is 0 Å². The van der Waals surface area contributed by atoms with E-state index in [-0.39, 0.29) is 11.4 Å². The normalized spacial score (nSPS) is 11.0. The quantitative estimate of drug-likeness (QED) is 0.503. The molecule has 0 atom stereocenters. The highest BCUT2D eigenvalue weighted by molar-refractivity contribution is 7.26. The lowest BCUT2D eigenvalue weighted by Gasteiger charge is -2.04. The van der Waals surface area contributed by atoms with Gasteiger partial charge < -0.3 is 31.7 Å². The molecule has 0 bridgehead atoms. The summed E-state index contributed by atoms with van der Waals surface area (Å²) in [6.07, 6.45) is 0.746. The fourth-order valence-electron chi connectivity index (χ4n) is 2.35. The molecule has 7 N–H and O–H groups in total. The second-order valence-electron chi connectivity index (χ2n) is 5.07. The second-order valence-corrected chi connectivity index (χ2v) is 6.12. The third kappa shape index (κ3) is 2.86. The van der Waals surface area contributed by atoms with Crippen molar-refractivity contribution in [3.63, 3.8) is 0 Å². The predicted molar refractivity (Wildman–Crippen MR) is 92.5 cm³/mol. The van der Waals surface area contributed by atoms with Gasteiger partial charge in [-0.2, -0.15) is 0 Å². The van der Waals surface area contributed by atoms with Gasteiger partial charge in [0.1, 0.15) is 11.4 Å². The van der Waals surface area contributed by atoms with Crippen LogP contribution in [0.5, 0.6) is 5.75 Å². The van der Waals surface area contributed by atoms with E-state index in [1.807, 2.05) is 18.2 Å². The lowest BCUT2D eigenvalue weighted by molar-refractivity contribution is 0.0977. The van der Waals surface area contributed by atoms with E-state index >= 15 is 0 Å². The molecule has 0 aliphatic carbocycles. The summed E-state index contributed by atoms with van der Waals surface area (Å²) in [6, 6.07) is 4.73. The van der Waals surface area contributed by atoms with Gasteiger partial charge in [-0.3, -0.25) is 4.79 Å². The number of rotatable bonds is 6. The fraction of sp³-hybridized carbons (Fsp3) is 0.200. The van der Waals surface area contributed by atoms with Crippen LogP contribution in [0.2, 0.25) is 0 Å². The molecule has 2 heterocycles. The number of urea groups is 1. The molecule has 1 aromatic carbocycles. The van der Waals surface area contributed by atoms with Crippen LogP contribution in [0.15, 0.2) is 22.6 Å². The van der Waals surface area contributed by atoms with Crippen LogP contribution < -0.4 is 27.3 Å². The van der Waals surface area contributed by atoms with Gasteiger partial charge >= 0.3 is 6.03 Å². The number of carbonyl (C=O) groups excluding carboxylic acids is 2. The molecule has 8 nitrogen and oxygen atoms in total. The number of benzene rings is 1. The van der Waals surface area contributed by atoms with Crippen molar-refractivity contribution >= 4 is 49.3 Å². The summed E-state index contributed by atoms with van der Waals surface area (Å²) < 4.78 is 12.7. The first-order chi connectivity index (χ1) is 11.5. The number of hydrogen-bond acceptors (Lipinski definition) is 6. The molecule has 126 valence electrons. The van der Waals surface area contributed by atoms with Crippen molar-refractivity contribution in [1.29, 1.82) is 0 Å². The van der Waals surface area contributed by atoms with Crippen LogP contribution in [0, 0.1) is 0 Å². The number of hydrogen-bond donors (Lipinski definition) is 4. The lowest BCUT2D eigenvalue weighted by Crippen LogP contribution is -2.21. The van der Waals surface area contributed by atoms with E-state index in [0.717, 1.165) is 16.5 Å². The standard InChI is InChI=1S/C15H16N4O4S/c16-4-1-5-22-7-2-3-9-8(6-7)11-13(24-9)10(19-15(18)21)12(23-11)14(17)20/h2-3,6H,1,4-5,16H2,(H2,17,20)(H3,18,19,21). The highest BCUT2D eigenvalue weighted by atomic mass is 32.1. The molecule has 2 aromatic heterocycles. The van der Waals surface area contributed by atoms with Gasteiger partial charge in [0.05, 0.1) is 11.3 Å². The average Bonchev–Trinajstić information content (AvgIpc) is 3.04. The highest BCUT2D eigenvalue weighted by Gasteiger charge is 2.23. The number of furan rings is 1. The lowest BCUT2D eigenvalue weighted by atomic mass is 10.2. The first kappa shape index (κ1) is 16.1. The van der Waals surface area contributed by atoms with Gasteiger partial charge in [-0.05, 0) is 31.2 Å². The Morgan fingerprint density at radius 2 is 2.08 bits per heavy atom. The van der Waals surface area contributed by atoms with Crippen LogP contribution in [-0.4, -0.2) is 25.1 Å².